The van der Waals surface area contributed by atoms with Crippen LogP contribution in [0, 0.1) is 28.6 Å². The van der Waals surface area contributed by atoms with E-state index in [9.17, 15) is 10.2 Å². The van der Waals surface area contributed by atoms with Crippen molar-refractivity contribution in [1.29, 1.82) is 10.5 Å². The molecule has 2 rings (SSSR count). The van der Waals surface area contributed by atoms with Gasteiger partial charge >= 0.3 is 0 Å². The van der Waals surface area contributed by atoms with Crippen LogP contribution in [-0.2, 0) is 0 Å². The minimum atomic E-state index is -0.686. The molecule has 4 nitrogen and oxygen atoms in total. The van der Waals surface area contributed by atoms with E-state index in [4.69, 9.17) is 10.5 Å². The van der Waals surface area contributed by atoms with E-state index in [1.54, 1.807) is 13.0 Å². The van der Waals surface area contributed by atoms with Crippen molar-refractivity contribution < 1.29 is 10.2 Å². The number of rotatable bonds is 0. The normalized spacial score (nSPS) is 27.1. The molecule has 2 N–H and O–H groups in total. The Bertz CT molecular complexity index is 533. The predicted molar refractivity (Wildman–Crippen MR) is 66.3 cm³/mol. The first kappa shape index (κ1) is 12.1. The van der Waals surface area contributed by atoms with Gasteiger partial charge in [-0.3, -0.25) is 0 Å². The Balaban J connectivity index is 2.40. The number of aliphatic hydroxyl groups is 2. The molecule has 86 valence electrons. The van der Waals surface area contributed by atoms with Gasteiger partial charge in [-0.25, -0.2) is 0 Å². The fraction of sp³-hybridized carbons (Fsp3) is 0.273. The third-order valence-corrected chi connectivity index (χ3v) is 5.18. The molecule has 0 radical (unpaired) electrons. The SMILES string of the molecule is CC1C=C(O)C2=C(SC(=C(C#N)C#N)S2)C1O. The van der Waals surface area contributed by atoms with Crippen LogP contribution in [0.2, 0.25) is 0 Å². The predicted octanol–water partition coefficient (Wildman–Crippen LogP) is 2.39. The molecule has 0 bridgehead atoms. The molecule has 0 aromatic heterocycles. The van der Waals surface area contributed by atoms with Crippen LogP contribution in [0.25, 0.3) is 0 Å². The highest BCUT2D eigenvalue weighted by molar-refractivity contribution is 8.28. The van der Waals surface area contributed by atoms with E-state index < -0.39 is 6.10 Å². The second kappa shape index (κ2) is 4.50. The monoisotopic (exact) mass is 264 g/mol. The lowest BCUT2D eigenvalue weighted by atomic mass is 9.99. The summed E-state index contributed by atoms with van der Waals surface area (Å²) < 4.78 is 0.521. The molecule has 17 heavy (non-hydrogen) atoms. The van der Waals surface area contributed by atoms with E-state index in [0.717, 1.165) is 11.8 Å². The highest BCUT2D eigenvalue weighted by Crippen LogP contribution is 2.56. The van der Waals surface area contributed by atoms with Crippen LogP contribution in [0.4, 0.5) is 0 Å². The summed E-state index contributed by atoms with van der Waals surface area (Å²) in [5.74, 6) is -0.0608. The van der Waals surface area contributed by atoms with Crippen molar-refractivity contribution in [2.24, 2.45) is 5.92 Å². The molecule has 1 heterocycles. The molecule has 0 spiro atoms. The number of allylic oxidation sites excluding steroid dienone is 1. The van der Waals surface area contributed by atoms with Gasteiger partial charge < -0.3 is 10.2 Å². The molecule has 2 aliphatic rings. The van der Waals surface area contributed by atoms with E-state index in [1.165, 1.54) is 11.8 Å². The first-order valence-corrected chi connectivity index (χ1v) is 6.45. The first-order chi connectivity index (χ1) is 8.08. The van der Waals surface area contributed by atoms with Gasteiger partial charge in [0.05, 0.1) is 15.2 Å². The minimum Gasteiger partial charge on any atom is -0.507 e. The molecule has 1 aliphatic carbocycles. The van der Waals surface area contributed by atoms with Gasteiger partial charge in [0.25, 0.3) is 0 Å². The Hall–Kier alpha value is -1.34. The summed E-state index contributed by atoms with van der Waals surface area (Å²) in [6.07, 6.45) is 0.896. The van der Waals surface area contributed by atoms with Crippen LogP contribution in [0.15, 0.2) is 31.5 Å². The third kappa shape index (κ3) is 1.96. The maximum Gasteiger partial charge on any atom is 0.150 e. The highest BCUT2D eigenvalue weighted by Gasteiger charge is 2.35. The maximum atomic E-state index is 9.97. The lowest BCUT2D eigenvalue weighted by Crippen LogP contribution is -2.21. The lowest BCUT2D eigenvalue weighted by Gasteiger charge is -2.21. The quantitative estimate of drug-likeness (QED) is 0.653. The van der Waals surface area contributed by atoms with Gasteiger partial charge in [-0.05, 0) is 6.08 Å². The Kier molecular flexibility index (Phi) is 3.21. The van der Waals surface area contributed by atoms with E-state index in [0.29, 0.717) is 14.0 Å². The van der Waals surface area contributed by atoms with Gasteiger partial charge in [0, 0.05) is 10.8 Å². The number of thioether (sulfide) groups is 2. The molecule has 0 fully saturated rings. The molecule has 0 aromatic carbocycles. The zero-order valence-corrected chi connectivity index (χ0v) is 10.5. The van der Waals surface area contributed by atoms with Crippen molar-refractivity contribution in [1.82, 2.24) is 0 Å². The fourth-order valence-corrected chi connectivity index (χ4v) is 4.19. The van der Waals surface area contributed by atoms with Crippen LogP contribution < -0.4 is 0 Å². The average Bonchev–Trinajstić information content (AvgIpc) is 2.73. The topological polar surface area (TPSA) is 88.0 Å². The number of aliphatic hydroxyl groups excluding tert-OH is 2. The van der Waals surface area contributed by atoms with Crippen LogP contribution in [0.5, 0.6) is 0 Å². The highest BCUT2D eigenvalue weighted by atomic mass is 32.2. The van der Waals surface area contributed by atoms with Crippen LogP contribution in [-0.4, -0.2) is 16.3 Å². The maximum absolute atomic E-state index is 9.97. The van der Waals surface area contributed by atoms with Crippen molar-refractivity contribution in [3.63, 3.8) is 0 Å². The summed E-state index contributed by atoms with van der Waals surface area (Å²) in [6.45, 7) is 1.80. The Morgan fingerprint density at radius 3 is 2.59 bits per heavy atom. The Morgan fingerprint density at radius 1 is 1.35 bits per heavy atom. The van der Waals surface area contributed by atoms with Crippen molar-refractivity contribution in [3.05, 3.63) is 31.5 Å². The van der Waals surface area contributed by atoms with Gasteiger partial charge in [0.2, 0.25) is 0 Å². The average molecular weight is 264 g/mol. The summed E-state index contributed by atoms with van der Waals surface area (Å²) in [6, 6.07) is 3.62. The summed E-state index contributed by atoms with van der Waals surface area (Å²) in [7, 11) is 0. The van der Waals surface area contributed by atoms with Crippen molar-refractivity contribution >= 4 is 23.5 Å². The van der Waals surface area contributed by atoms with Gasteiger partial charge in [-0.15, -0.1) is 0 Å². The summed E-state index contributed by atoms with van der Waals surface area (Å²) >= 11 is 2.36. The van der Waals surface area contributed by atoms with Crippen LogP contribution >= 0.6 is 23.5 Å². The van der Waals surface area contributed by atoms with E-state index >= 15 is 0 Å². The Labute approximate surface area is 107 Å². The first-order valence-electron chi connectivity index (χ1n) is 4.82. The van der Waals surface area contributed by atoms with Gasteiger partial charge in [0.15, 0.2) is 0 Å². The summed E-state index contributed by atoms with van der Waals surface area (Å²) in [5, 5.41) is 37.3. The molecule has 0 saturated carbocycles. The molecule has 2 unspecified atom stereocenters. The molecule has 2 atom stereocenters. The zero-order valence-electron chi connectivity index (χ0n) is 8.84. The number of nitrogens with zero attached hydrogens (tertiary/aromatic N) is 2. The van der Waals surface area contributed by atoms with Crippen LogP contribution in [0.1, 0.15) is 6.92 Å². The summed E-state index contributed by atoms with van der Waals surface area (Å²) in [4.78, 5) is 1.18. The standard InChI is InChI=1S/C11H8N2O2S2/c1-5-2-7(14)9-10(8(5)15)17-11(16-9)6(3-12)4-13/h2,5,8,14-15H,1H3. The van der Waals surface area contributed by atoms with Gasteiger partial charge in [-0.2, -0.15) is 10.5 Å². The Morgan fingerprint density at radius 2 is 2.00 bits per heavy atom. The molecule has 6 heteroatoms. The third-order valence-electron chi connectivity index (χ3n) is 2.47. The number of hydrogen-bond donors (Lipinski definition) is 2. The second-order valence-corrected chi connectivity index (χ2v) is 5.97. The zero-order chi connectivity index (χ0) is 12.6. The molecule has 1 aliphatic heterocycles. The summed E-state index contributed by atoms with van der Waals surface area (Å²) in [5.41, 5.74) is 0.0158. The van der Waals surface area contributed by atoms with E-state index in [-0.39, 0.29) is 17.3 Å². The van der Waals surface area contributed by atoms with Crippen molar-refractivity contribution in [2.45, 2.75) is 13.0 Å². The lowest BCUT2D eigenvalue weighted by molar-refractivity contribution is 0.175. The van der Waals surface area contributed by atoms with Crippen LogP contribution in [0.3, 0.4) is 0 Å². The van der Waals surface area contributed by atoms with Gasteiger partial charge in [0.1, 0.15) is 23.5 Å². The molecular weight excluding hydrogens is 256 g/mol. The fourth-order valence-electron chi connectivity index (χ4n) is 1.56. The molecule has 0 aromatic rings. The van der Waals surface area contributed by atoms with Crippen molar-refractivity contribution in [3.8, 4) is 12.1 Å². The second-order valence-electron chi connectivity index (χ2n) is 3.64. The molecular formula is C11H8N2O2S2. The molecule has 0 amide bonds. The number of nitriles is 2. The van der Waals surface area contributed by atoms with E-state index in [1.807, 2.05) is 12.1 Å². The number of hydrogen-bond acceptors (Lipinski definition) is 6. The van der Waals surface area contributed by atoms with Crippen molar-refractivity contribution in [2.75, 3.05) is 0 Å². The van der Waals surface area contributed by atoms with Gasteiger partial charge in [-0.1, -0.05) is 30.4 Å². The minimum absolute atomic E-state index is 0.0158. The largest absolute Gasteiger partial charge is 0.507 e. The smallest absolute Gasteiger partial charge is 0.150 e. The van der Waals surface area contributed by atoms with E-state index in [2.05, 4.69) is 0 Å². The molecule has 0 saturated heterocycles.